The molecule has 0 bridgehead atoms. The van der Waals surface area contributed by atoms with Crippen molar-refractivity contribution in [2.75, 3.05) is 5.32 Å². The van der Waals surface area contributed by atoms with Crippen LogP contribution >= 0.6 is 0 Å². The molecule has 6 heteroatoms. The van der Waals surface area contributed by atoms with Crippen molar-refractivity contribution in [3.05, 3.63) is 83.3 Å². The van der Waals surface area contributed by atoms with Gasteiger partial charge in [0, 0.05) is 5.69 Å². The van der Waals surface area contributed by atoms with E-state index in [1.165, 1.54) is 13.0 Å². The average molecular weight is 393 g/mol. The molecule has 3 aromatic rings. The Bertz CT molecular complexity index is 973. The number of carbonyl (C=O) groups is 2. The standard InChI is InChI=1S/C23H23NO5/c1-15-8-7-9-16(2)21(15)24-22(25)17(3)28-23(26)20-13-12-19(29-20)14-27-18-10-5-4-6-11-18/h4-13,17H,14H2,1-3H3,(H,24,25)/t17-/m1/s1. The summed E-state index contributed by atoms with van der Waals surface area (Å²) >= 11 is 0. The van der Waals surface area contributed by atoms with E-state index in [0.29, 0.717) is 11.5 Å². The number of esters is 1. The van der Waals surface area contributed by atoms with Gasteiger partial charge >= 0.3 is 5.97 Å². The van der Waals surface area contributed by atoms with Crippen LogP contribution in [0.3, 0.4) is 0 Å². The molecule has 0 unspecified atom stereocenters. The monoisotopic (exact) mass is 393 g/mol. The van der Waals surface area contributed by atoms with Crippen LogP contribution in [0.1, 0.15) is 34.4 Å². The number of hydrogen-bond donors (Lipinski definition) is 1. The number of benzene rings is 2. The van der Waals surface area contributed by atoms with Crippen LogP contribution in [0.4, 0.5) is 5.69 Å². The van der Waals surface area contributed by atoms with E-state index in [4.69, 9.17) is 13.9 Å². The van der Waals surface area contributed by atoms with Gasteiger partial charge in [0.1, 0.15) is 18.1 Å². The molecule has 0 saturated heterocycles. The van der Waals surface area contributed by atoms with Crippen LogP contribution in [0.15, 0.2) is 65.1 Å². The average Bonchev–Trinajstić information content (AvgIpc) is 3.19. The van der Waals surface area contributed by atoms with Gasteiger partial charge in [0.05, 0.1) is 0 Å². The van der Waals surface area contributed by atoms with Gasteiger partial charge in [-0.1, -0.05) is 36.4 Å². The molecule has 0 radical (unpaired) electrons. The normalized spacial score (nSPS) is 11.6. The summed E-state index contributed by atoms with van der Waals surface area (Å²) in [5.74, 6) is 0.0803. The fraction of sp³-hybridized carbons (Fsp3) is 0.217. The maximum absolute atomic E-state index is 12.4. The number of para-hydroxylation sites is 2. The van der Waals surface area contributed by atoms with Crippen molar-refractivity contribution in [2.24, 2.45) is 0 Å². The number of amides is 1. The maximum atomic E-state index is 12.4. The summed E-state index contributed by atoms with van der Waals surface area (Å²) in [4.78, 5) is 24.7. The van der Waals surface area contributed by atoms with Crippen molar-refractivity contribution < 1.29 is 23.5 Å². The van der Waals surface area contributed by atoms with Crippen LogP contribution in [-0.4, -0.2) is 18.0 Å². The van der Waals surface area contributed by atoms with E-state index in [0.717, 1.165) is 16.8 Å². The summed E-state index contributed by atoms with van der Waals surface area (Å²) in [5, 5.41) is 2.81. The molecule has 2 aromatic carbocycles. The van der Waals surface area contributed by atoms with E-state index < -0.39 is 18.0 Å². The highest BCUT2D eigenvalue weighted by Gasteiger charge is 2.22. The van der Waals surface area contributed by atoms with Gasteiger partial charge in [-0.25, -0.2) is 4.79 Å². The van der Waals surface area contributed by atoms with E-state index >= 15 is 0 Å². The second kappa shape index (κ2) is 9.10. The van der Waals surface area contributed by atoms with Crippen LogP contribution in [-0.2, 0) is 16.1 Å². The summed E-state index contributed by atoms with van der Waals surface area (Å²) in [5.41, 5.74) is 2.59. The number of nitrogens with one attached hydrogen (secondary N) is 1. The molecule has 150 valence electrons. The van der Waals surface area contributed by atoms with Crippen molar-refractivity contribution in [3.8, 4) is 5.75 Å². The SMILES string of the molecule is Cc1cccc(C)c1NC(=O)[C@@H](C)OC(=O)c1ccc(COc2ccccc2)o1. The van der Waals surface area contributed by atoms with Gasteiger partial charge < -0.3 is 19.2 Å². The Kier molecular flexibility index (Phi) is 6.34. The minimum Gasteiger partial charge on any atom is -0.486 e. The van der Waals surface area contributed by atoms with Gasteiger partial charge in [0.2, 0.25) is 5.76 Å². The zero-order valence-corrected chi connectivity index (χ0v) is 16.6. The molecule has 0 aliphatic rings. The number of anilines is 1. The molecule has 1 aromatic heterocycles. The van der Waals surface area contributed by atoms with Gasteiger partial charge in [-0.2, -0.15) is 0 Å². The highest BCUT2D eigenvalue weighted by Crippen LogP contribution is 2.20. The van der Waals surface area contributed by atoms with E-state index in [9.17, 15) is 9.59 Å². The second-order valence-electron chi connectivity index (χ2n) is 6.67. The third-order valence-corrected chi connectivity index (χ3v) is 4.37. The number of hydrogen-bond acceptors (Lipinski definition) is 5. The highest BCUT2D eigenvalue weighted by atomic mass is 16.6. The quantitative estimate of drug-likeness (QED) is 0.591. The zero-order chi connectivity index (χ0) is 20.8. The minimum absolute atomic E-state index is 0.0170. The molecule has 1 amide bonds. The van der Waals surface area contributed by atoms with Crippen molar-refractivity contribution in [2.45, 2.75) is 33.5 Å². The molecular weight excluding hydrogens is 370 g/mol. The third-order valence-electron chi connectivity index (χ3n) is 4.37. The lowest BCUT2D eigenvalue weighted by Crippen LogP contribution is -2.30. The molecule has 29 heavy (non-hydrogen) atoms. The Morgan fingerprint density at radius 3 is 2.34 bits per heavy atom. The van der Waals surface area contributed by atoms with Crippen molar-refractivity contribution in [1.29, 1.82) is 0 Å². The Labute approximate surface area is 169 Å². The molecule has 0 saturated carbocycles. The number of rotatable bonds is 7. The van der Waals surface area contributed by atoms with Gasteiger partial charge in [-0.3, -0.25) is 4.79 Å². The van der Waals surface area contributed by atoms with E-state index in [-0.39, 0.29) is 12.4 Å². The lowest BCUT2D eigenvalue weighted by Gasteiger charge is -2.15. The lowest BCUT2D eigenvalue weighted by molar-refractivity contribution is -0.123. The number of carbonyl (C=O) groups excluding carboxylic acids is 2. The summed E-state index contributed by atoms with van der Waals surface area (Å²) in [7, 11) is 0. The van der Waals surface area contributed by atoms with Gasteiger partial charge in [-0.15, -0.1) is 0 Å². The Balaban J connectivity index is 1.55. The maximum Gasteiger partial charge on any atom is 0.375 e. The Morgan fingerprint density at radius 1 is 0.966 bits per heavy atom. The van der Waals surface area contributed by atoms with Crippen LogP contribution in [0.2, 0.25) is 0 Å². The molecule has 1 atom stereocenters. The molecule has 1 N–H and O–H groups in total. The molecule has 6 nitrogen and oxygen atoms in total. The topological polar surface area (TPSA) is 77.8 Å². The molecule has 3 rings (SSSR count). The largest absolute Gasteiger partial charge is 0.486 e. The fourth-order valence-corrected chi connectivity index (χ4v) is 2.74. The van der Waals surface area contributed by atoms with Crippen LogP contribution < -0.4 is 10.1 Å². The second-order valence-corrected chi connectivity index (χ2v) is 6.67. The molecule has 0 aliphatic heterocycles. The predicted octanol–water partition coefficient (Wildman–Crippen LogP) is 4.66. The van der Waals surface area contributed by atoms with E-state index in [1.54, 1.807) is 6.07 Å². The van der Waals surface area contributed by atoms with Crippen LogP contribution in [0.5, 0.6) is 5.75 Å². The predicted molar refractivity (Wildman–Crippen MR) is 109 cm³/mol. The molecule has 0 fully saturated rings. The number of furan rings is 1. The Morgan fingerprint density at radius 2 is 1.66 bits per heavy atom. The van der Waals surface area contributed by atoms with Gasteiger partial charge in [-0.05, 0) is 56.2 Å². The summed E-state index contributed by atoms with van der Waals surface area (Å²) in [6.45, 7) is 5.51. The fourth-order valence-electron chi connectivity index (χ4n) is 2.74. The number of ether oxygens (including phenoxy) is 2. The molecular formula is C23H23NO5. The van der Waals surface area contributed by atoms with Crippen LogP contribution in [0.25, 0.3) is 0 Å². The summed E-state index contributed by atoms with van der Waals surface area (Å²) in [6.07, 6.45) is -0.976. The molecule has 0 aliphatic carbocycles. The summed E-state index contributed by atoms with van der Waals surface area (Å²) in [6, 6.07) is 18.1. The molecule has 1 heterocycles. The first kappa shape index (κ1) is 20.2. The van der Waals surface area contributed by atoms with Crippen molar-refractivity contribution in [1.82, 2.24) is 0 Å². The molecule has 0 spiro atoms. The lowest BCUT2D eigenvalue weighted by atomic mass is 10.1. The number of aryl methyl sites for hydroxylation is 2. The van der Waals surface area contributed by atoms with Crippen molar-refractivity contribution in [3.63, 3.8) is 0 Å². The zero-order valence-electron chi connectivity index (χ0n) is 16.6. The minimum atomic E-state index is -0.976. The van der Waals surface area contributed by atoms with Crippen LogP contribution in [0, 0.1) is 13.8 Å². The van der Waals surface area contributed by atoms with E-state index in [1.807, 2.05) is 62.4 Å². The van der Waals surface area contributed by atoms with Gasteiger partial charge in [0.25, 0.3) is 5.91 Å². The highest BCUT2D eigenvalue weighted by molar-refractivity contribution is 5.97. The third kappa shape index (κ3) is 5.25. The first-order valence-corrected chi connectivity index (χ1v) is 9.28. The van der Waals surface area contributed by atoms with E-state index in [2.05, 4.69) is 5.32 Å². The first-order chi connectivity index (χ1) is 13.9. The summed E-state index contributed by atoms with van der Waals surface area (Å²) < 4.78 is 16.3. The Hall–Kier alpha value is -3.54. The van der Waals surface area contributed by atoms with Gasteiger partial charge in [0.15, 0.2) is 6.10 Å². The van der Waals surface area contributed by atoms with Crippen molar-refractivity contribution >= 4 is 17.6 Å². The smallest absolute Gasteiger partial charge is 0.375 e. The first-order valence-electron chi connectivity index (χ1n) is 9.28.